The van der Waals surface area contributed by atoms with E-state index in [0.29, 0.717) is 12.2 Å². The monoisotopic (exact) mass is 232 g/mol. The molecule has 0 radical (unpaired) electrons. The van der Waals surface area contributed by atoms with Gasteiger partial charge in [0.2, 0.25) is 5.78 Å². The minimum atomic E-state index is 0.000975. The van der Waals surface area contributed by atoms with Crippen LogP contribution in [0.2, 0.25) is 0 Å². The average molecular weight is 232 g/mol. The fourth-order valence-corrected chi connectivity index (χ4v) is 1.81. The summed E-state index contributed by atoms with van der Waals surface area (Å²) in [4.78, 5) is 20.3. The molecular weight excluding hydrogens is 216 g/mol. The Morgan fingerprint density at radius 3 is 2.71 bits per heavy atom. The van der Waals surface area contributed by atoms with Crippen molar-refractivity contribution in [2.45, 2.75) is 26.3 Å². The summed E-state index contributed by atoms with van der Waals surface area (Å²) in [5.74, 6) is 1.29. The van der Waals surface area contributed by atoms with E-state index in [1.54, 1.807) is 23.2 Å². The molecule has 5 nitrogen and oxygen atoms in total. The molecule has 17 heavy (non-hydrogen) atoms. The number of Topliss-reactive ketones (excluding diaryl/α,β-unsaturated/α-hetero) is 1. The smallest absolute Gasteiger partial charge is 0.205 e. The molecule has 2 aromatic rings. The maximum absolute atomic E-state index is 12.0. The lowest BCUT2D eigenvalue weighted by molar-refractivity contribution is 0.0977. The predicted molar refractivity (Wildman–Crippen MR) is 63.8 cm³/mol. The number of rotatable bonds is 5. The van der Waals surface area contributed by atoms with Crippen molar-refractivity contribution >= 4 is 5.78 Å². The summed E-state index contributed by atoms with van der Waals surface area (Å²) in [6.07, 6.45) is 8.37. The highest BCUT2D eigenvalue weighted by molar-refractivity contribution is 5.93. The van der Waals surface area contributed by atoms with Gasteiger partial charge in [0, 0.05) is 38.4 Å². The first-order valence-electron chi connectivity index (χ1n) is 5.73. The van der Waals surface area contributed by atoms with E-state index in [9.17, 15) is 4.79 Å². The minimum absolute atomic E-state index is 0.000975. The molecule has 0 amide bonds. The van der Waals surface area contributed by atoms with Gasteiger partial charge >= 0.3 is 0 Å². The number of hydrogen-bond donors (Lipinski definition) is 0. The van der Waals surface area contributed by atoms with Gasteiger partial charge in [0.1, 0.15) is 5.82 Å². The zero-order valence-corrected chi connectivity index (χ0v) is 10.1. The van der Waals surface area contributed by atoms with Gasteiger partial charge in [0.15, 0.2) is 5.82 Å². The highest BCUT2D eigenvalue weighted by atomic mass is 16.1. The van der Waals surface area contributed by atoms with Crippen LogP contribution in [0.1, 0.15) is 29.8 Å². The average Bonchev–Trinajstić information content (AvgIpc) is 2.89. The molecule has 0 aliphatic heterocycles. The largest absolute Gasteiger partial charge is 0.335 e. The zero-order chi connectivity index (χ0) is 12.3. The van der Waals surface area contributed by atoms with Crippen molar-refractivity contribution < 1.29 is 4.79 Å². The number of aryl methyl sites for hydroxylation is 2. The Bertz CT molecular complexity index is 512. The molecule has 0 atom stereocenters. The Balaban J connectivity index is 2.13. The molecule has 0 unspecified atom stereocenters. The molecule has 2 aromatic heterocycles. The minimum Gasteiger partial charge on any atom is -0.335 e. The van der Waals surface area contributed by atoms with Crippen molar-refractivity contribution in [1.29, 1.82) is 0 Å². The Morgan fingerprint density at radius 2 is 2.06 bits per heavy atom. The van der Waals surface area contributed by atoms with E-state index in [2.05, 4.69) is 16.9 Å². The number of ketones is 1. The second-order valence-electron chi connectivity index (χ2n) is 4.00. The van der Waals surface area contributed by atoms with Crippen LogP contribution in [0.25, 0.3) is 0 Å². The summed E-state index contributed by atoms with van der Waals surface area (Å²) in [6.45, 7) is 2.99. The topological polar surface area (TPSA) is 52.7 Å². The van der Waals surface area contributed by atoms with Crippen LogP contribution in [0.3, 0.4) is 0 Å². The van der Waals surface area contributed by atoms with Crippen molar-refractivity contribution in [2.24, 2.45) is 7.05 Å². The van der Waals surface area contributed by atoms with E-state index < -0.39 is 0 Å². The zero-order valence-electron chi connectivity index (χ0n) is 10.1. The van der Waals surface area contributed by atoms with Crippen molar-refractivity contribution in [3.8, 4) is 0 Å². The summed E-state index contributed by atoms with van der Waals surface area (Å²) in [5, 5.41) is 0. The van der Waals surface area contributed by atoms with Crippen LogP contribution in [0, 0.1) is 0 Å². The lowest BCUT2D eigenvalue weighted by Gasteiger charge is -2.05. The number of nitrogens with zero attached hydrogens (tertiary/aromatic N) is 4. The second kappa shape index (κ2) is 4.95. The number of hydrogen-bond acceptors (Lipinski definition) is 3. The maximum atomic E-state index is 12.0. The standard InChI is InChI=1S/C12H16N4O/c1-3-6-16-8-5-13-11(16)9-10(17)12-14-4-7-15(12)2/h4-5,7-8H,3,6,9H2,1-2H3. The van der Waals surface area contributed by atoms with Crippen LogP contribution >= 0.6 is 0 Å². The van der Waals surface area contributed by atoms with Crippen LogP contribution in [0.4, 0.5) is 0 Å². The normalized spacial score (nSPS) is 10.7. The van der Waals surface area contributed by atoms with Crippen molar-refractivity contribution in [3.63, 3.8) is 0 Å². The second-order valence-corrected chi connectivity index (χ2v) is 4.00. The van der Waals surface area contributed by atoms with Gasteiger partial charge in [-0.05, 0) is 6.42 Å². The van der Waals surface area contributed by atoms with Gasteiger partial charge in [-0.3, -0.25) is 4.79 Å². The molecule has 0 saturated carbocycles. The molecule has 5 heteroatoms. The van der Waals surface area contributed by atoms with Gasteiger partial charge < -0.3 is 9.13 Å². The van der Waals surface area contributed by atoms with E-state index in [1.807, 2.05) is 17.8 Å². The van der Waals surface area contributed by atoms with Gasteiger partial charge in [-0.2, -0.15) is 0 Å². The Morgan fingerprint density at radius 1 is 1.29 bits per heavy atom. The van der Waals surface area contributed by atoms with Crippen molar-refractivity contribution in [3.05, 3.63) is 36.4 Å². The van der Waals surface area contributed by atoms with Crippen LogP contribution in [0.15, 0.2) is 24.8 Å². The Labute approximate surface area is 100 Å². The van der Waals surface area contributed by atoms with Crippen molar-refractivity contribution in [1.82, 2.24) is 19.1 Å². The summed E-state index contributed by atoms with van der Waals surface area (Å²) >= 11 is 0. The van der Waals surface area contributed by atoms with Gasteiger partial charge in [0.05, 0.1) is 6.42 Å². The van der Waals surface area contributed by atoms with E-state index in [-0.39, 0.29) is 5.78 Å². The number of carbonyl (C=O) groups excluding carboxylic acids is 1. The van der Waals surface area contributed by atoms with Gasteiger partial charge in [-0.1, -0.05) is 6.92 Å². The Kier molecular flexibility index (Phi) is 3.37. The Hall–Kier alpha value is -1.91. The number of aromatic nitrogens is 4. The molecule has 90 valence electrons. The first kappa shape index (κ1) is 11.6. The fraction of sp³-hybridized carbons (Fsp3) is 0.417. The SMILES string of the molecule is CCCn1ccnc1CC(=O)c1nccn1C. The summed E-state index contributed by atoms with van der Waals surface area (Å²) in [5.41, 5.74) is 0. The lowest BCUT2D eigenvalue weighted by atomic mass is 10.2. The molecule has 0 aromatic carbocycles. The summed E-state index contributed by atoms with van der Waals surface area (Å²) in [6, 6.07) is 0. The molecule has 2 rings (SSSR count). The molecule has 0 N–H and O–H groups in total. The lowest BCUT2D eigenvalue weighted by Crippen LogP contribution is -2.14. The molecule has 0 spiro atoms. The molecule has 2 heterocycles. The summed E-state index contributed by atoms with van der Waals surface area (Å²) in [7, 11) is 1.82. The summed E-state index contributed by atoms with van der Waals surface area (Å²) < 4.78 is 3.75. The molecular formula is C12H16N4O. The first-order chi connectivity index (χ1) is 8.22. The van der Waals surface area contributed by atoms with Crippen LogP contribution in [-0.2, 0) is 20.0 Å². The third-order valence-corrected chi connectivity index (χ3v) is 2.66. The van der Waals surface area contributed by atoms with E-state index in [1.165, 1.54) is 0 Å². The predicted octanol–water partition coefficient (Wildman–Crippen LogP) is 1.45. The third kappa shape index (κ3) is 2.43. The maximum Gasteiger partial charge on any atom is 0.205 e. The fourth-order valence-electron chi connectivity index (χ4n) is 1.81. The molecule has 0 aliphatic rings. The van der Waals surface area contributed by atoms with E-state index >= 15 is 0 Å². The third-order valence-electron chi connectivity index (χ3n) is 2.66. The number of carbonyl (C=O) groups is 1. The number of imidazole rings is 2. The molecule has 0 saturated heterocycles. The van der Waals surface area contributed by atoms with Gasteiger partial charge in [-0.25, -0.2) is 9.97 Å². The highest BCUT2D eigenvalue weighted by Gasteiger charge is 2.14. The van der Waals surface area contributed by atoms with Gasteiger partial charge in [0.25, 0.3) is 0 Å². The van der Waals surface area contributed by atoms with Crippen LogP contribution in [-0.4, -0.2) is 24.9 Å². The molecule has 0 aliphatic carbocycles. The van der Waals surface area contributed by atoms with Crippen LogP contribution < -0.4 is 0 Å². The van der Waals surface area contributed by atoms with E-state index in [4.69, 9.17) is 0 Å². The molecule has 0 fully saturated rings. The van der Waals surface area contributed by atoms with Gasteiger partial charge in [-0.15, -0.1) is 0 Å². The molecule has 0 bridgehead atoms. The first-order valence-corrected chi connectivity index (χ1v) is 5.73. The highest BCUT2D eigenvalue weighted by Crippen LogP contribution is 2.05. The van der Waals surface area contributed by atoms with Crippen molar-refractivity contribution in [2.75, 3.05) is 0 Å². The van der Waals surface area contributed by atoms with E-state index in [0.717, 1.165) is 18.8 Å². The van der Waals surface area contributed by atoms with Crippen LogP contribution in [0.5, 0.6) is 0 Å². The quantitative estimate of drug-likeness (QED) is 0.733.